The monoisotopic (exact) mass is 462 g/mol. The molecule has 0 saturated carbocycles. The lowest BCUT2D eigenvalue weighted by Crippen LogP contribution is -2.52. The number of aryl methyl sites for hydroxylation is 1. The highest BCUT2D eigenvalue weighted by Crippen LogP contribution is 2.24. The van der Waals surface area contributed by atoms with E-state index in [1.54, 1.807) is 27.9 Å². The summed E-state index contributed by atoms with van der Waals surface area (Å²) in [6, 6.07) is 13.3. The molecule has 1 heterocycles. The van der Waals surface area contributed by atoms with Gasteiger partial charge in [-0.1, -0.05) is 13.8 Å². The molecule has 34 heavy (non-hydrogen) atoms. The SMILES string of the molecule is COc1ccc(-n2c(C)cc(/C=C(\C#N)C(=O)OC(C)C(=O)NC(C)(C#N)C(C)C)c2C)cc1. The van der Waals surface area contributed by atoms with Crippen molar-refractivity contribution in [2.75, 3.05) is 7.11 Å². The van der Waals surface area contributed by atoms with Crippen LogP contribution in [0.15, 0.2) is 35.9 Å². The minimum atomic E-state index is -1.18. The van der Waals surface area contributed by atoms with Gasteiger partial charge in [0.2, 0.25) is 0 Å². The number of nitrogens with one attached hydrogen (secondary N) is 1. The maximum absolute atomic E-state index is 12.6. The molecule has 2 atom stereocenters. The maximum Gasteiger partial charge on any atom is 0.349 e. The topological polar surface area (TPSA) is 117 Å². The lowest BCUT2D eigenvalue weighted by Gasteiger charge is -2.28. The molecule has 0 aliphatic rings. The highest BCUT2D eigenvalue weighted by molar-refractivity contribution is 5.99. The smallest absolute Gasteiger partial charge is 0.349 e. The molecule has 1 N–H and O–H groups in total. The number of esters is 1. The summed E-state index contributed by atoms with van der Waals surface area (Å²) in [7, 11) is 1.60. The van der Waals surface area contributed by atoms with Gasteiger partial charge in [-0.25, -0.2) is 4.79 Å². The van der Waals surface area contributed by atoms with Crippen LogP contribution in [-0.2, 0) is 14.3 Å². The van der Waals surface area contributed by atoms with E-state index in [1.807, 2.05) is 54.8 Å². The Labute approximate surface area is 200 Å². The second kappa shape index (κ2) is 10.7. The molecule has 8 heteroatoms. The highest BCUT2D eigenvalue weighted by atomic mass is 16.5. The molecule has 0 radical (unpaired) electrons. The van der Waals surface area contributed by atoms with Gasteiger partial charge in [-0.2, -0.15) is 10.5 Å². The van der Waals surface area contributed by atoms with E-state index in [0.717, 1.165) is 22.8 Å². The van der Waals surface area contributed by atoms with Crippen molar-refractivity contribution in [2.45, 2.75) is 53.2 Å². The van der Waals surface area contributed by atoms with Crippen LogP contribution in [0.5, 0.6) is 5.75 Å². The van der Waals surface area contributed by atoms with Crippen LogP contribution in [0.2, 0.25) is 0 Å². The van der Waals surface area contributed by atoms with E-state index in [2.05, 4.69) is 11.4 Å². The predicted molar refractivity (Wildman–Crippen MR) is 128 cm³/mol. The summed E-state index contributed by atoms with van der Waals surface area (Å²) < 4.78 is 12.4. The largest absolute Gasteiger partial charge is 0.497 e. The van der Waals surface area contributed by atoms with Crippen molar-refractivity contribution in [2.24, 2.45) is 5.92 Å². The first kappa shape index (κ1) is 26.2. The van der Waals surface area contributed by atoms with E-state index in [0.29, 0.717) is 5.56 Å². The van der Waals surface area contributed by atoms with Gasteiger partial charge in [0, 0.05) is 17.1 Å². The summed E-state index contributed by atoms with van der Waals surface area (Å²) in [4.78, 5) is 25.1. The lowest BCUT2D eigenvalue weighted by atomic mass is 9.90. The molecule has 1 amide bonds. The Balaban J connectivity index is 2.25. The fourth-order valence-corrected chi connectivity index (χ4v) is 3.29. The number of carbonyl (C=O) groups is 2. The molecule has 2 aromatic rings. The van der Waals surface area contributed by atoms with Crippen LogP contribution in [0.4, 0.5) is 0 Å². The molecule has 1 aromatic carbocycles. The molecule has 0 aliphatic carbocycles. The second-order valence-corrected chi connectivity index (χ2v) is 8.54. The van der Waals surface area contributed by atoms with Gasteiger partial charge in [-0.3, -0.25) is 4.79 Å². The fourth-order valence-electron chi connectivity index (χ4n) is 3.29. The lowest BCUT2D eigenvalue weighted by molar-refractivity contribution is -0.151. The van der Waals surface area contributed by atoms with Crippen LogP contribution in [0.3, 0.4) is 0 Å². The van der Waals surface area contributed by atoms with Crippen LogP contribution in [0.25, 0.3) is 11.8 Å². The maximum atomic E-state index is 12.6. The summed E-state index contributed by atoms with van der Waals surface area (Å²) in [6.07, 6.45) is 0.269. The van der Waals surface area contributed by atoms with E-state index in [-0.39, 0.29) is 11.5 Å². The first-order chi connectivity index (χ1) is 16.0. The summed E-state index contributed by atoms with van der Waals surface area (Å²) in [5, 5.41) is 21.6. The third-order valence-electron chi connectivity index (χ3n) is 5.86. The van der Waals surface area contributed by atoms with Crippen LogP contribution < -0.4 is 10.1 Å². The quantitative estimate of drug-likeness (QED) is 0.360. The van der Waals surface area contributed by atoms with Crippen molar-refractivity contribution in [1.82, 2.24) is 9.88 Å². The molecule has 0 aliphatic heterocycles. The number of hydrogen-bond donors (Lipinski definition) is 1. The Morgan fingerprint density at radius 2 is 1.76 bits per heavy atom. The average Bonchev–Trinajstić information content (AvgIpc) is 3.09. The number of aromatic nitrogens is 1. The summed E-state index contributed by atoms with van der Waals surface area (Å²) in [6.45, 7) is 10.4. The average molecular weight is 463 g/mol. The molecule has 2 unspecified atom stereocenters. The second-order valence-electron chi connectivity index (χ2n) is 8.54. The Bertz CT molecular complexity index is 1180. The van der Waals surface area contributed by atoms with Gasteiger partial charge in [0.25, 0.3) is 5.91 Å². The molecule has 0 fully saturated rings. The third-order valence-corrected chi connectivity index (χ3v) is 5.86. The molecular weight excluding hydrogens is 432 g/mol. The summed E-state index contributed by atoms with van der Waals surface area (Å²) in [5.41, 5.74) is 1.99. The zero-order chi connectivity index (χ0) is 25.6. The molecule has 1 aromatic heterocycles. The number of ether oxygens (including phenoxy) is 2. The van der Waals surface area contributed by atoms with Crippen molar-refractivity contribution < 1.29 is 19.1 Å². The molecule has 2 rings (SSSR count). The van der Waals surface area contributed by atoms with E-state index < -0.39 is 23.5 Å². The van der Waals surface area contributed by atoms with Gasteiger partial charge in [0.15, 0.2) is 6.10 Å². The Hall–Kier alpha value is -4.04. The first-order valence-electron chi connectivity index (χ1n) is 10.9. The number of nitrogens with zero attached hydrogens (tertiary/aromatic N) is 3. The van der Waals surface area contributed by atoms with Crippen molar-refractivity contribution in [3.8, 4) is 23.6 Å². The van der Waals surface area contributed by atoms with E-state index in [4.69, 9.17) is 9.47 Å². The number of nitriles is 2. The normalized spacial score (nSPS) is 13.9. The molecule has 178 valence electrons. The minimum absolute atomic E-state index is 0.153. The predicted octanol–water partition coefficient (Wildman–Crippen LogP) is 4.00. The standard InChI is InChI=1S/C26H30N4O4/c1-16(2)26(6,15-28)29-24(31)19(5)34-25(32)21(14-27)13-20-12-17(3)30(18(20)4)22-8-10-23(33-7)11-9-22/h8-13,16,19H,1-7H3,(H,29,31)/b21-13+. The number of amides is 1. The Kier molecular flexibility index (Phi) is 8.26. The van der Waals surface area contributed by atoms with Crippen molar-refractivity contribution in [3.63, 3.8) is 0 Å². The minimum Gasteiger partial charge on any atom is -0.497 e. The highest BCUT2D eigenvalue weighted by Gasteiger charge is 2.33. The third kappa shape index (κ3) is 5.65. The van der Waals surface area contributed by atoms with Gasteiger partial charge < -0.3 is 19.4 Å². The number of carbonyl (C=O) groups excluding carboxylic acids is 2. The fraction of sp³-hybridized carbons (Fsp3) is 0.385. The van der Waals surface area contributed by atoms with Gasteiger partial charge in [-0.15, -0.1) is 0 Å². The van der Waals surface area contributed by atoms with E-state index in [9.17, 15) is 20.1 Å². The van der Waals surface area contributed by atoms with Crippen molar-refractivity contribution in [3.05, 3.63) is 52.9 Å². The van der Waals surface area contributed by atoms with Gasteiger partial charge in [-0.05, 0) is 75.6 Å². The van der Waals surface area contributed by atoms with Crippen molar-refractivity contribution in [1.29, 1.82) is 10.5 Å². The number of rotatable bonds is 8. The zero-order valence-electron chi connectivity index (χ0n) is 20.6. The number of methoxy groups -OCH3 is 1. The van der Waals surface area contributed by atoms with Crippen molar-refractivity contribution >= 4 is 18.0 Å². The Morgan fingerprint density at radius 1 is 1.15 bits per heavy atom. The van der Waals surface area contributed by atoms with Crippen LogP contribution >= 0.6 is 0 Å². The van der Waals surface area contributed by atoms with E-state index >= 15 is 0 Å². The van der Waals surface area contributed by atoms with Crippen LogP contribution in [0.1, 0.15) is 44.6 Å². The molecule has 0 saturated heterocycles. The Morgan fingerprint density at radius 3 is 2.26 bits per heavy atom. The molecule has 0 spiro atoms. The van der Waals surface area contributed by atoms with E-state index in [1.165, 1.54) is 13.0 Å². The zero-order valence-corrected chi connectivity index (χ0v) is 20.6. The molecule has 8 nitrogen and oxygen atoms in total. The summed E-state index contributed by atoms with van der Waals surface area (Å²) >= 11 is 0. The van der Waals surface area contributed by atoms with Crippen LogP contribution in [-0.4, -0.2) is 35.2 Å². The van der Waals surface area contributed by atoms with Gasteiger partial charge >= 0.3 is 5.97 Å². The van der Waals surface area contributed by atoms with Crippen LogP contribution in [0, 0.1) is 42.4 Å². The molecule has 0 bridgehead atoms. The molecular formula is C26H30N4O4. The van der Waals surface area contributed by atoms with Gasteiger partial charge in [0.05, 0.1) is 13.2 Å². The number of benzene rings is 1. The first-order valence-corrected chi connectivity index (χ1v) is 10.9. The van der Waals surface area contributed by atoms with Gasteiger partial charge in [0.1, 0.15) is 22.9 Å². The summed E-state index contributed by atoms with van der Waals surface area (Å²) in [5.74, 6) is -0.939. The number of hydrogen-bond acceptors (Lipinski definition) is 6.